The fraction of sp³-hybridized carbons (Fsp3) is 0.636. The lowest BCUT2D eigenvalue weighted by atomic mass is 9.98. The largest absolute Gasteiger partial charge is 0.393 e. The van der Waals surface area contributed by atoms with Gasteiger partial charge in [-0.15, -0.1) is 0 Å². The van der Waals surface area contributed by atoms with Crippen molar-refractivity contribution in [1.82, 2.24) is 9.55 Å². The summed E-state index contributed by atoms with van der Waals surface area (Å²) in [7, 11) is 1.26. The van der Waals surface area contributed by atoms with Gasteiger partial charge in [0.25, 0.3) is 0 Å². The van der Waals surface area contributed by atoms with Gasteiger partial charge in [-0.1, -0.05) is 0 Å². The SMILES string of the molecule is CO[C@@](CO)(CSC)[C@@H](O)[C@@H](F)n1ccc(N)nc1=O. The predicted molar refractivity (Wildman–Crippen MR) is 74.3 cm³/mol. The van der Waals surface area contributed by atoms with Crippen LogP contribution in [-0.4, -0.2) is 57.2 Å². The molecule has 114 valence electrons. The van der Waals surface area contributed by atoms with Crippen molar-refractivity contribution in [2.75, 3.05) is 31.5 Å². The smallest absolute Gasteiger partial charge is 0.351 e. The molecule has 0 saturated carbocycles. The molecule has 1 rings (SSSR count). The number of thioether (sulfide) groups is 1. The van der Waals surface area contributed by atoms with Crippen molar-refractivity contribution in [3.05, 3.63) is 22.7 Å². The number of rotatable bonds is 7. The number of aliphatic hydroxyl groups is 2. The molecule has 0 bridgehead atoms. The summed E-state index contributed by atoms with van der Waals surface area (Å²) in [5, 5.41) is 19.5. The van der Waals surface area contributed by atoms with E-state index in [9.17, 15) is 19.4 Å². The number of aromatic nitrogens is 2. The minimum absolute atomic E-state index is 0.0442. The van der Waals surface area contributed by atoms with Crippen LogP contribution in [0.25, 0.3) is 0 Å². The van der Waals surface area contributed by atoms with E-state index in [-0.39, 0.29) is 11.6 Å². The van der Waals surface area contributed by atoms with Gasteiger partial charge in [0, 0.05) is 19.1 Å². The molecule has 0 saturated heterocycles. The Balaban J connectivity index is 3.10. The third-order valence-electron chi connectivity index (χ3n) is 2.98. The van der Waals surface area contributed by atoms with Gasteiger partial charge in [0.2, 0.25) is 6.30 Å². The van der Waals surface area contributed by atoms with E-state index in [1.54, 1.807) is 6.26 Å². The molecule has 0 fully saturated rings. The topological polar surface area (TPSA) is 111 Å². The van der Waals surface area contributed by atoms with Crippen molar-refractivity contribution < 1.29 is 19.3 Å². The van der Waals surface area contributed by atoms with Crippen LogP contribution in [0.2, 0.25) is 0 Å². The Morgan fingerprint density at radius 1 is 1.70 bits per heavy atom. The molecule has 0 aliphatic carbocycles. The summed E-state index contributed by atoms with van der Waals surface area (Å²) in [5.41, 5.74) is 2.87. The van der Waals surface area contributed by atoms with E-state index in [0.29, 0.717) is 4.57 Å². The molecule has 4 N–H and O–H groups in total. The molecular weight excluding hydrogens is 289 g/mol. The predicted octanol–water partition coefficient (Wildman–Crippen LogP) is -0.605. The standard InChI is InChI=1S/C11H18FN3O4S/c1-19-11(5-16,6-20-2)8(17)9(12)15-4-3-7(13)14-10(15)18/h3-4,8-9,16-17H,5-6H2,1-2H3,(H2,13,14,18)/t8-,9-,11-/m0/s1. The molecule has 0 amide bonds. The molecule has 0 aromatic carbocycles. The second-order valence-electron chi connectivity index (χ2n) is 4.22. The van der Waals surface area contributed by atoms with Crippen molar-refractivity contribution in [1.29, 1.82) is 0 Å². The number of methoxy groups -OCH3 is 1. The summed E-state index contributed by atoms with van der Waals surface area (Å²) in [6.07, 6.45) is -1.04. The molecule has 3 atom stereocenters. The van der Waals surface area contributed by atoms with Crippen molar-refractivity contribution >= 4 is 17.6 Å². The fourth-order valence-corrected chi connectivity index (χ4v) is 2.60. The molecular formula is C11H18FN3O4S. The third kappa shape index (κ3) is 3.29. The molecule has 1 heterocycles. The summed E-state index contributed by atoms with van der Waals surface area (Å²) in [6, 6.07) is 1.24. The lowest BCUT2D eigenvalue weighted by Crippen LogP contribution is -2.53. The lowest BCUT2D eigenvalue weighted by Gasteiger charge is -2.36. The Hall–Kier alpha value is -1.16. The number of aliphatic hydroxyl groups excluding tert-OH is 2. The van der Waals surface area contributed by atoms with Crippen LogP contribution in [-0.2, 0) is 4.74 Å². The zero-order valence-corrected chi connectivity index (χ0v) is 12.0. The first-order chi connectivity index (χ1) is 9.41. The lowest BCUT2D eigenvalue weighted by molar-refractivity contribution is -0.150. The fourth-order valence-electron chi connectivity index (χ4n) is 1.73. The summed E-state index contributed by atoms with van der Waals surface area (Å²) in [6.45, 7) is -0.594. The molecule has 7 nitrogen and oxygen atoms in total. The molecule has 0 unspecified atom stereocenters. The highest BCUT2D eigenvalue weighted by Crippen LogP contribution is 2.28. The Labute approximate surface area is 119 Å². The van der Waals surface area contributed by atoms with E-state index in [2.05, 4.69) is 4.98 Å². The minimum atomic E-state index is -2.12. The van der Waals surface area contributed by atoms with Crippen molar-refractivity contribution in [2.24, 2.45) is 0 Å². The van der Waals surface area contributed by atoms with E-state index in [4.69, 9.17) is 10.5 Å². The first kappa shape index (κ1) is 16.9. The van der Waals surface area contributed by atoms with Gasteiger partial charge in [0.05, 0.1) is 6.61 Å². The van der Waals surface area contributed by atoms with E-state index < -0.39 is 30.3 Å². The van der Waals surface area contributed by atoms with E-state index in [1.807, 2.05) is 0 Å². The van der Waals surface area contributed by atoms with Crippen LogP contribution in [0.1, 0.15) is 6.30 Å². The Bertz CT molecular complexity index is 495. The summed E-state index contributed by atoms with van der Waals surface area (Å²) in [4.78, 5) is 14.9. The molecule has 0 aliphatic heterocycles. The summed E-state index contributed by atoms with van der Waals surface area (Å²) in [5.74, 6) is 0.107. The Morgan fingerprint density at radius 2 is 2.35 bits per heavy atom. The second-order valence-corrected chi connectivity index (χ2v) is 5.09. The zero-order chi connectivity index (χ0) is 15.3. The highest BCUT2D eigenvalue weighted by atomic mass is 32.2. The second kappa shape index (κ2) is 7.02. The maximum atomic E-state index is 14.3. The number of nitrogens with zero attached hydrogens (tertiary/aromatic N) is 2. The average molecular weight is 307 g/mol. The van der Waals surface area contributed by atoms with Gasteiger partial charge in [-0.2, -0.15) is 16.7 Å². The zero-order valence-electron chi connectivity index (χ0n) is 11.2. The van der Waals surface area contributed by atoms with Crippen LogP contribution < -0.4 is 11.4 Å². The van der Waals surface area contributed by atoms with Crippen molar-refractivity contribution in [3.8, 4) is 0 Å². The van der Waals surface area contributed by atoms with Gasteiger partial charge in [-0.25, -0.2) is 9.18 Å². The van der Waals surface area contributed by atoms with Crippen LogP contribution in [0.3, 0.4) is 0 Å². The monoisotopic (exact) mass is 307 g/mol. The number of halogens is 1. The molecule has 1 aromatic rings. The van der Waals surface area contributed by atoms with Gasteiger partial charge in [-0.3, -0.25) is 4.57 Å². The summed E-state index contributed by atoms with van der Waals surface area (Å²) >= 11 is 1.27. The van der Waals surface area contributed by atoms with Crippen molar-refractivity contribution in [2.45, 2.75) is 18.0 Å². The number of hydrogen-bond acceptors (Lipinski definition) is 7. The molecule has 9 heteroatoms. The summed E-state index contributed by atoms with van der Waals surface area (Å²) < 4.78 is 20.0. The number of hydrogen-bond donors (Lipinski definition) is 3. The van der Waals surface area contributed by atoms with E-state index >= 15 is 0 Å². The molecule has 0 aliphatic rings. The molecule has 1 aromatic heterocycles. The van der Waals surface area contributed by atoms with Gasteiger partial charge in [-0.05, 0) is 12.3 Å². The quantitative estimate of drug-likeness (QED) is 0.616. The molecule has 20 heavy (non-hydrogen) atoms. The number of anilines is 1. The number of nitrogens with two attached hydrogens (primary N) is 1. The van der Waals surface area contributed by atoms with E-state index in [0.717, 1.165) is 6.20 Å². The maximum absolute atomic E-state index is 14.3. The van der Waals surface area contributed by atoms with Crippen LogP contribution in [0, 0.1) is 0 Å². The van der Waals surface area contributed by atoms with Gasteiger partial charge in [0.15, 0.2) is 0 Å². The highest BCUT2D eigenvalue weighted by molar-refractivity contribution is 7.98. The first-order valence-electron chi connectivity index (χ1n) is 5.73. The van der Waals surface area contributed by atoms with Gasteiger partial charge in [0.1, 0.15) is 17.5 Å². The van der Waals surface area contributed by atoms with Crippen LogP contribution in [0.4, 0.5) is 10.2 Å². The number of nitrogen functional groups attached to an aromatic ring is 1. The molecule has 0 spiro atoms. The van der Waals surface area contributed by atoms with Gasteiger partial charge >= 0.3 is 5.69 Å². The van der Waals surface area contributed by atoms with Gasteiger partial charge < -0.3 is 20.7 Å². The van der Waals surface area contributed by atoms with Crippen LogP contribution >= 0.6 is 11.8 Å². The number of ether oxygens (including phenoxy) is 1. The van der Waals surface area contributed by atoms with E-state index in [1.165, 1.54) is 24.9 Å². The van der Waals surface area contributed by atoms with Crippen LogP contribution in [0.15, 0.2) is 17.1 Å². The highest BCUT2D eigenvalue weighted by Gasteiger charge is 2.43. The molecule has 0 radical (unpaired) electrons. The van der Waals surface area contributed by atoms with Crippen LogP contribution in [0.5, 0.6) is 0 Å². The Kier molecular flexibility index (Phi) is 5.93. The Morgan fingerprint density at radius 3 is 2.80 bits per heavy atom. The average Bonchev–Trinajstić information content (AvgIpc) is 2.43. The first-order valence-corrected chi connectivity index (χ1v) is 7.13. The maximum Gasteiger partial charge on any atom is 0.351 e. The third-order valence-corrected chi connectivity index (χ3v) is 3.76. The van der Waals surface area contributed by atoms with Crippen molar-refractivity contribution in [3.63, 3.8) is 0 Å². The normalized spacial score (nSPS) is 17.4. The minimum Gasteiger partial charge on any atom is -0.393 e. The number of alkyl halides is 1.